The molecule has 0 atom stereocenters. The van der Waals surface area contributed by atoms with E-state index >= 15 is 0 Å². The third-order valence-corrected chi connectivity index (χ3v) is 6.41. The maximum absolute atomic E-state index is 13.3. The summed E-state index contributed by atoms with van der Waals surface area (Å²) in [7, 11) is -3.00. The summed E-state index contributed by atoms with van der Waals surface area (Å²) in [6, 6.07) is 7.13. The highest BCUT2D eigenvalue weighted by Gasteiger charge is 2.26. The SMILES string of the molecule is CCCCCn1nc(C(=O)N2CCN(CCS(C)(=O)=O)CC2)c2ccccc2c1=O. The van der Waals surface area contributed by atoms with Gasteiger partial charge in [-0.05, 0) is 12.5 Å². The molecule has 1 aliphatic rings. The molecule has 164 valence electrons. The van der Waals surface area contributed by atoms with Crippen molar-refractivity contribution in [3.8, 4) is 0 Å². The molecule has 30 heavy (non-hydrogen) atoms. The van der Waals surface area contributed by atoms with Crippen LogP contribution < -0.4 is 5.56 Å². The Hall–Kier alpha value is -2.26. The summed E-state index contributed by atoms with van der Waals surface area (Å²) >= 11 is 0. The Morgan fingerprint density at radius 1 is 1.03 bits per heavy atom. The number of amides is 1. The number of benzene rings is 1. The number of carbonyl (C=O) groups excluding carboxylic acids is 1. The normalized spacial score (nSPS) is 15.6. The van der Waals surface area contributed by atoms with Crippen LogP contribution in [0.3, 0.4) is 0 Å². The van der Waals surface area contributed by atoms with Crippen molar-refractivity contribution < 1.29 is 13.2 Å². The molecule has 1 aromatic carbocycles. The number of aryl methyl sites for hydroxylation is 1. The summed E-state index contributed by atoms with van der Waals surface area (Å²) < 4.78 is 24.2. The average molecular weight is 435 g/mol. The number of hydrogen-bond acceptors (Lipinski definition) is 6. The van der Waals surface area contributed by atoms with Crippen molar-refractivity contribution in [2.24, 2.45) is 0 Å². The molecule has 0 radical (unpaired) electrons. The lowest BCUT2D eigenvalue weighted by Gasteiger charge is -2.34. The first-order chi connectivity index (χ1) is 14.3. The summed E-state index contributed by atoms with van der Waals surface area (Å²) in [6.07, 6.45) is 4.12. The average Bonchev–Trinajstić information content (AvgIpc) is 2.73. The quantitative estimate of drug-likeness (QED) is 0.583. The monoisotopic (exact) mass is 434 g/mol. The summed E-state index contributed by atoms with van der Waals surface area (Å²) in [5, 5.41) is 5.55. The zero-order chi connectivity index (χ0) is 21.7. The number of hydrogen-bond donors (Lipinski definition) is 0. The molecule has 0 bridgehead atoms. The zero-order valence-corrected chi connectivity index (χ0v) is 18.5. The molecule has 8 nitrogen and oxygen atoms in total. The van der Waals surface area contributed by atoms with Crippen LogP contribution in [0.25, 0.3) is 10.8 Å². The fourth-order valence-corrected chi connectivity index (χ4v) is 4.27. The Kier molecular flexibility index (Phi) is 7.25. The van der Waals surface area contributed by atoms with E-state index < -0.39 is 9.84 Å². The zero-order valence-electron chi connectivity index (χ0n) is 17.7. The third kappa shape index (κ3) is 5.46. The van der Waals surface area contributed by atoms with Gasteiger partial charge in [-0.1, -0.05) is 38.0 Å². The lowest BCUT2D eigenvalue weighted by molar-refractivity contribution is 0.0637. The Morgan fingerprint density at radius 2 is 1.70 bits per heavy atom. The number of unbranched alkanes of at least 4 members (excludes halogenated alkanes) is 2. The van der Waals surface area contributed by atoms with Gasteiger partial charge in [0.05, 0.1) is 11.1 Å². The molecule has 1 amide bonds. The molecule has 1 saturated heterocycles. The summed E-state index contributed by atoms with van der Waals surface area (Å²) in [5.74, 6) is -0.0613. The molecule has 0 spiro atoms. The Bertz CT molecular complexity index is 1060. The Morgan fingerprint density at radius 3 is 2.33 bits per heavy atom. The van der Waals surface area contributed by atoms with E-state index in [0.717, 1.165) is 19.3 Å². The molecule has 0 N–H and O–H groups in total. The first kappa shape index (κ1) is 22.4. The number of nitrogens with zero attached hydrogens (tertiary/aromatic N) is 4. The number of sulfone groups is 1. The fraction of sp³-hybridized carbons (Fsp3) is 0.571. The Balaban J connectivity index is 1.79. The van der Waals surface area contributed by atoms with E-state index in [2.05, 4.69) is 16.9 Å². The van der Waals surface area contributed by atoms with Crippen molar-refractivity contribution in [1.82, 2.24) is 19.6 Å². The predicted octanol–water partition coefficient (Wildman–Crippen LogP) is 1.39. The van der Waals surface area contributed by atoms with Gasteiger partial charge in [-0.25, -0.2) is 13.1 Å². The third-order valence-electron chi connectivity index (χ3n) is 5.48. The number of aromatic nitrogens is 2. The van der Waals surface area contributed by atoms with Gasteiger partial charge in [-0.2, -0.15) is 5.10 Å². The second-order valence-corrected chi connectivity index (χ2v) is 10.2. The van der Waals surface area contributed by atoms with Crippen LogP contribution in [0.4, 0.5) is 0 Å². The van der Waals surface area contributed by atoms with Crippen LogP contribution in [0.2, 0.25) is 0 Å². The summed E-state index contributed by atoms with van der Waals surface area (Å²) in [5.41, 5.74) is 0.148. The fourth-order valence-electron chi connectivity index (χ4n) is 3.68. The van der Waals surface area contributed by atoms with E-state index in [0.29, 0.717) is 55.7 Å². The second kappa shape index (κ2) is 9.70. The smallest absolute Gasteiger partial charge is 0.275 e. The van der Waals surface area contributed by atoms with E-state index in [1.807, 2.05) is 6.07 Å². The Labute approximate surface area is 177 Å². The van der Waals surface area contributed by atoms with Crippen LogP contribution in [0.1, 0.15) is 36.7 Å². The molecule has 1 aliphatic heterocycles. The van der Waals surface area contributed by atoms with Crippen LogP contribution in [0.15, 0.2) is 29.1 Å². The highest BCUT2D eigenvalue weighted by atomic mass is 32.2. The minimum Gasteiger partial charge on any atom is -0.335 e. The van der Waals surface area contributed by atoms with E-state index in [-0.39, 0.29) is 17.2 Å². The first-order valence-electron chi connectivity index (χ1n) is 10.5. The molecule has 3 rings (SSSR count). The first-order valence-corrected chi connectivity index (χ1v) is 12.6. The van der Waals surface area contributed by atoms with Gasteiger partial charge in [-0.15, -0.1) is 0 Å². The van der Waals surface area contributed by atoms with Crippen molar-refractivity contribution in [3.63, 3.8) is 0 Å². The van der Waals surface area contributed by atoms with Gasteiger partial charge in [0, 0.05) is 50.9 Å². The topological polar surface area (TPSA) is 92.6 Å². The van der Waals surface area contributed by atoms with Crippen LogP contribution in [0.5, 0.6) is 0 Å². The van der Waals surface area contributed by atoms with Gasteiger partial charge in [-0.3, -0.25) is 14.5 Å². The minimum atomic E-state index is -3.00. The molecule has 1 fully saturated rings. The molecule has 1 aromatic heterocycles. The van der Waals surface area contributed by atoms with Gasteiger partial charge < -0.3 is 4.90 Å². The van der Waals surface area contributed by atoms with Gasteiger partial charge >= 0.3 is 0 Å². The van der Waals surface area contributed by atoms with E-state index in [1.165, 1.54) is 10.9 Å². The van der Waals surface area contributed by atoms with Crippen molar-refractivity contribution in [2.75, 3.05) is 44.7 Å². The standard InChI is InChI=1S/C21H30N4O4S/c1-3-4-7-10-25-20(26)18-9-6-5-8-17(18)19(22-25)21(27)24-13-11-23(12-14-24)15-16-30(2,28)29/h5-6,8-9H,3-4,7,10-16H2,1-2H3. The van der Waals surface area contributed by atoms with Gasteiger partial charge in [0.15, 0.2) is 5.69 Å². The van der Waals surface area contributed by atoms with Crippen LogP contribution >= 0.6 is 0 Å². The summed E-state index contributed by atoms with van der Waals surface area (Å²) in [6.45, 7) is 5.33. The lowest BCUT2D eigenvalue weighted by Crippen LogP contribution is -2.50. The maximum Gasteiger partial charge on any atom is 0.275 e. The predicted molar refractivity (Wildman–Crippen MR) is 118 cm³/mol. The van der Waals surface area contributed by atoms with E-state index in [1.54, 1.807) is 23.1 Å². The van der Waals surface area contributed by atoms with E-state index in [9.17, 15) is 18.0 Å². The molecule has 2 aromatic rings. The van der Waals surface area contributed by atoms with Gasteiger partial charge in [0.25, 0.3) is 11.5 Å². The number of rotatable bonds is 8. The van der Waals surface area contributed by atoms with Crippen molar-refractivity contribution in [2.45, 2.75) is 32.7 Å². The molecule has 9 heteroatoms. The highest BCUT2D eigenvalue weighted by Crippen LogP contribution is 2.17. The molecule has 0 unspecified atom stereocenters. The molecular weight excluding hydrogens is 404 g/mol. The van der Waals surface area contributed by atoms with Crippen LogP contribution in [-0.2, 0) is 16.4 Å². The maximum atomic E-state index is 13.3. The molecule has 0 saturated carbocycles. The van der Waals surface area contributed by atoms with Crippen LogP contribution in [0, 0.1) is 0 Å². The van der Waals surface area contributed by atoms with E-state index in [4.69, 9.17) is 0 Å². The number of carbonyl (C=O) groups is 1. The molecular formula is C21H30N4O4S. The van der Waals surface area contributed by atoms with Crippen LogP contribution in [-0.4, -0.2) is 78.6 Å². The highest BCUT2D eigenvalue weighted by molar-refractivity contribution is 7.90. The number of piperazine rings is 1. The van der Waals surface area contributed by atoms with Gasteiger partial charge in [0.1, 0.15) is 9.84 Å². The van der Waals surface area contributed by atoms with Crippen molar-refractivity contribution >= 4 is 26.5 Å². The summed E-state index contributed by atoms with van der Waals surface area (Å²) in [4.78, 5) is 29.9. The molecule has 0 aliphatic carbocycles. The second-order valence-electron chi connectivity index (χ2n) is 7.89. The number of fused-ring (bicyclic) bond motifs is 1. The largest absolute Gasteiger partial charge is 0.335 e. The minimum absolute atomic E-state index is 0.121. The van der Waals surface area contributed by atoms with Crippen molar-refractivity contribution in [3.05, 3.63) is 40.3 Å². The van der Waals surface area contributed by atoms with Gasteiger partial charge in [0.2, 0.25) is 0 Å². The lowest BCUT2D eigenvalue weighted by atomic mass is 10.1. The molecule has 2 heterocycles. The van der Waals surface area contributed by atoms with Crippen molar-refractivity contribution in [1.29, 1.82) is 0 Å².